The number of rotatable bonds is 3. The molecule has 1 N–H and O–H groups in total. The highest BCUT2D eigenvalue weighted by Crippen LogP contribution is 2.30. The molecule has 1 saturated heterocycles. The van der Waals surface area contributed by atoms with E-state index in [4.69, 9.17) is 0 Å². The van der Waals surface area contributed by atoms with Crippen LogP contribution in [0.5, 0.6) is 0 Å². The molecule has 0 radical (unpaired) electrons. The predicted molar refractivity (Wildman–Crippen MR) is 80.6 cm³/mol. The Morgan fingerprint density at radius 3 is 2.16 bits per heavy atom. The Morgan fingerprint density at radius 1 is 1.05 bits per heavy atom. The van der Waals surface area contributed by atoms with Crippen LogP contribution in [0.15, 0.2) is 24.3 Å². The monoisotopic (exact) mass is 262 g/mol. The summed E-state index contributed by atoms with van der Waals surface area (Å²) in [5.41, 5.74) is 1.41. The molecule has 2 rings (SSSR count). The van der Waals surface area contributed by atoms with Gasteiger partial charge in [-0.1, -0.05) is 18.2 Å². The van der Waals surface area contributed by atoms with Crippen LogP contribution in [-0.2, 0) is 5.60 Å². The van der Waals surface area contributed by atoms with E-state index in [1.165, 1.54) is 5.69 Å². The summed E-state index contributed by atoms with van der Waals surface area (Å²) in [6.07, 6.45) is 0. The van der Waals surface area contributed by atoms with Crippen LogP contribution in [0, 0.1) is 0 Å². The van der Waals surface area contributed by atoms with Gasteiger partial charge in [0.25, 0.3) is 0 Å². The molecule has 1 fully saturated rings. The van der Waals surface area contributed by atoms with E-state index in [1.807, 2.05) is 26.0 Å². The van der Waals surface area contributed by atoms with Crippen molar-refractivity contribution in [2.24, 2.45) is 0 Å². The Hall–Kier alpha value is -1.06. The molecule has 0 atom stereocenters. The van der Waals surface area contributed by atoms with Gasteiger partial charge in [-0.25, -0.2) is 0 Å². The van der Waals surface area contributed by atoms with Gasteiger partial charge in [-0.2, -0.15) is 0 Å². The lowest BCUT2D eigenvalue weighted by Crippen LogP contribution is -2.49. The number of hydrogen-bond acceptors (Lipinski definition) is 3. The van der Waals surface area contributed by atoms with Crippen molar-refractivity contribution >= 4 is 5.69 Å². The highest BCUT2D eigenvalue weighted by molar-refractivity contribution is 5.56. The minimum Gasteiger partial charge on any atom is -0.386 e. The summed E-state index contributed by atoms with van der Waals surface area (Å²) in [5, 5.41) is 10.3. The van der Waals surface area contributed by atoms with Gasteiger partial charge in [0.2, 0.25) is 0 Å². The molecule has 0 aromatic heterocycles. The van der Waals surface area contributed by atoms with Gasteiger partial charge in [-0.3, -0.25) is 4.90 Å². The Morgan fingerprint density at radius 2 is 1.63 bits per heavy atom. The third-order valence-corrected chi connectivity index (χ3v) is 3.95. The number of para-hydroxylation sites is 1. The van der Waals surface area contributed by atoms with Gasteiger partial charge in [0.05, 0.1) is 5.60 Å². The molecule has 3 nitrogen and oxygen atoms in total. The molecule has 0 bridgehead atoms. The van der Waals surface area contributed by atoms with Crippen LogP contribution in [0.25, 0.3) is 0 Å². The maximum Gasteiger partial charge on any atom is 0.0860 e. The van der Waals surface area contributed by atoms with E-state index in [2.05, 4.69) is 35.8 Å². The zero-order chi connectivity index (χ0) is 14.0. The molecule has 1 aliphatic heterocycles. The Balaban J connectivity index is 2.16. The predicted octanol–water partition coefficient (Wildman–Crippen LogP) is 2.44. The van der Waals surface area contributed by atoms with Crippen molar-refractivity contribution in [3.05, 3.63) is 29.8 Å². The Kier molecular flexibility index (Phi) is 4.16. The van der Waals surface area contributed by atoms with Crippen LogP contribution in [0.2, 0.25) is 0 Å². The molecule has 1 aliphatic rings. The molecule has 0 aliphatic carbocycles. The lowest BCUT2D eigenvalue weighted by Gasteiger charge is -2.39. The first kappa shape index (κ1) is 14.4. The second-order valence-electron chi connectivity index (χ2n) is 6.19. The second-order valence-corrected chi connectivity index (χ2v) is 6.19. The molecule has 0 unspecified atom stereocenters. The quantitative estimate of drug-likeness (QED) is 0.906. The highest BCUT2D eigenvalue weighted by atomic mass is 16.3. The van der Waals surface area contributed by atoms with Gasteiger partial charge in [0.15, 0.2) is 0 Å². The molecular formula is C16H26N2O. The lowest BCUT2D eigenvalue weighted by molar-refractivity contribution is 0.0788. The van der Waals surface area contributed by atoms with E-state index in [0.29, 0.717) is 6.04 Å². The van der Waals surface area contributed by atoms with Gasteiger partial charge in [-0.15, -0.1) is 0 Å². The Bertz CT molecular complexity index is 415. The summed E-state index contributed by atoms with van der Waals surface area (Å²) in [6, 6.07) is 8.83. The molecule has 0 saturated carbocycles. The fourth-order valence-corrected chi connectivity index (χ4v) is 2.75. The van der Waals surface area contributed by atoms with E-state index in [-0.39, 0.29) is 0 Å². The number of piperazine rings is 1. The number of hydrogen-bond donors (Lipinski definition) is 1. The van der Waals surface area contributed by atoms with Crippen LogP contribution in [0.1, 0.15) is 33.3 Å². The highest BCUT2D eigenvalue weighted by Gasteiger charge is 2.25. The van der Waals surface area contributed by atoms with Crippen molar-refractivity contribution in [1.29, 1.82) is 0 Å². The normalized spacial score (nSPS) is 18.1. The van der Waals surface area contributed by atoms with Crippen molar-refractivity contribution in [1.82, 2.24) is 4.90 Å². The maximum atomic E-state index is 10.3. The molecular weight excluding hydrogens is 236 g/mol. The van der Waals surface area contributed by atoms with Crippen LogP contribution in [0.4, 0.5) is 5.69 Å². The second kappa shape index (κ2) is 5.51. The Labute approximate surface area is 116 Å². The molecule has 1 aromatic rings. The van der Waals surface area contributed by atoms with Crippen molar-refractivity contribution < 1.29 is 5.11 Å². The molecule has 19 heavy (non-hydrogen) atoms. The molecule has 106 valence electrons. The van der Waals surface area contributed by atoms with Gasteiger partial charge in [0.1, 0.15) is 0 Å². The number of nitrogens with zero attached hydrogens (tertiary/aromatic N) is 2. The summed E-state index contributed by atoms with van der Waals surface area (Å²) in [6.45, 7) is 12.5. The molecule has 0 amide bonds. The fraction of sp³-hybridized carbons (Fsp3) is 0.625. The number of anilines is 1. The average molecular weight is 262 g/mol. The average Bonchev–Trinajstić information content (AvgIpc) is 2.38. The van der Waals surface area contributed by atoms with Crippen LogP contribution >= 0.6 is 0 Å². The number of aliphatic hydroxyl groups is 1. The summed E-state index contributed by atoms with van der Waals surface area (Å²) in [4.78, 5) is 4.90. The van der Waals surface area contributed by atoms with E-state index in [9.17, 15) is 5.11 Å². The lowest BCUT2D eigenvalue weighted by atomic mass is 9.95. The molecule has 3 heteroatoms. The van der Waals surface area contributed by atoms with Crippen LogP contribution < -0.4 is 4.90 Å². The van der Waals surface area contributed by atoms with Gasteiger partial charge in [0, 0.05) is 43.5 Å². The van der Waals surface area contributed by atoms with Crippen molar-refractivity contribution in [2.45, 2.75) is 39.3 Å². The smallest absolute Gasteiger partial charge is 0.0860 e. The zero-order valence-corrected chi connectivity index (χ0v) is 12.6. The number of benzene rings is 1. The van der Waals surface area contributed by atoms with E-state index < -0.39 is 5.60 Å². The minimum atomic E-state index is -0.786. The van der Waals surface area contributed by atoms with Crippen LogP contribution in [-0.4, -0.2) is 42.2 Å². The topological polar surface area (TPSA) is 26.7 Å². The molecule has 0 spiro atoms. The summed E-state index contributed by atoms with van der Waals surface area (Å²) < 4.78 is 0. The fourth-order valence-electron chi connectivity index (χ4n) is 2.75. The standard InChI is InChI=1S/C16H26N2O/c1-13(2)17-9-11-18(12-10-17)15-8-6-5-7-14(15)16(3,4)19/h5-8,13,19H,9-12H2,1-4H3. The largest absolute Gasteiger partial charge is 0.386 e. The van der Waals surface area contributed by atoms with Crippen molar-refractivity contribution in [3.63, 3.8) is 0 Å². The van der Waals surface area contributed by atoms with E-state index in [0.717, 1.165) is 31.7 Å². The first-order valence-electron chi connectivity index (χ1n) is 7.20. The first-order chi connectivity index (χ1) is 8.89. The van der Waals surface area contributed by atoms with Crippen molar-refractivity contribution in [3.8, 4) is 0 Å². The van der Waals surface area contributed by atoms with E-state index in [1.54, 1.807) is 0 Å². The van der Waals surface area contributed by atoms with Gasteiger partial charge < -0.3 is 10.0 Å². The third-order valence-electron chi connectivity index (χ3n) is 3.95. The van der Waals surface area contributed by atoms with Crippen LogP contribution in [0.3, 0.4) is 0 Å². The van der Waals surface area contributed by atoms with E-state index >= 15 is 0 Å². The summed E-state index contributed by atoms with van der Waals surface area (Å²) in [7, 11) is 0. The third kappa shape index (κ3) is 3.28. The van der Waals surface area contributed by atoms with Gasteiger partial charge in [-0.05, 0) is 33.8 Å². The minimum absolute atomic E-state index is 0.617. The summed E-state index contributed by atoms with van der Waals surface area (Å²) in [5.74, 6) is 0. The SMILES string of the molecule is CC(C)N1CCN(c2ccccc2C(C)(C)O)CC1. The summed E-state index contributed by atoms with van der Waals surface area (Å²) >= 11 is 0. The zero-order valence-electron chi connectivity index (χ0n) is 12.6. The molecule has 1 heterocycles. The first-order valence-corrected chi connectivity index (χ1v) is 7.20. The van der Waals surface area contributed by atoms with Gasteiger partial charge >= 0.3 is 0 Å². The molecule has 1 aromatic carbocycles. The maximum absolute atomic E-state index is 10.3. The van der Waals surface area contributed by atoms with Crippen molar-refractivity contribution in [2.75, 3.05) is 31.1 Å².